The van der Waals surface area contributed by atoms with Crippen molar-refractivity contribution in [3.05, 3.63) is 45.3 Å². The van der Waals surface area contributed by atoms with Gasteiger partial charge in [-0.25, -0.2) is 4.98 Å². The Morgan fingerprint density at radius 1 is 1.41 bits per heavy atom. The molecule has 0 radical (unpaired) electrons. The third-order valence-corrected chi connectivity index (χ3v) is 5.19. The largest absolute Gasteiger partial charge is 0.495 e. The van der Waals surface area contributed by atoms with Crippen LogP contribution in [0.5, 0.6) is 5.75 Å². The Labute approximate surface area is 165 Å². The molecular formula is C18H19ClN4O3S. The number of fused-ring (bicyclic) bond motifs is 1. The summed E-state index contributed by atoms with van der Waals surface area (Å²) in [7, 11) is 1.53. The van der Waals surface area contributed by atoms with E-state index in [9.17, 15) is 9.59 Å². The number of carbonyl (C=O) groups excluding carboxylic acids is 1. The molecule has 0 saturated heterocycles. The summed E-state index contributed by atoms with van der Waals surface area (Å²) in [6.07, 6.45) is 0. The molecule has 0 aliphatic rings. The molecule has 27 heavy (non-hydrogen) atoms. The Morgan fingerprint density at radius 2 is 2.19 bits per heavy atom. The minimum atomic E-state index is -0.219. The van der Waals surface area contributed by atoms with Gasteiger partial charge in [0.05, 0.1) is 23.4 Å². The molecule has 3 aromatic rings. The quantitative estimate of drug-likeness (QED) is 0.483. The molecule has 0 bridgehead atoms. The number of benzene rings is 1. The van der Waals surface area contributed by atoms with Crippen LogP contribution in [0.15, 0.2) is 34.2 Å². The van der Waals surface area contributed by atoms with Gasteiger partial charge in [0.25, 0.3) is 5.56 Å². The maximum atomic E-state index is 12.6. The molecule has 0 aliphatic heterocycles. The van der Waals surface area contributed by atoms with Gasteiger partial charge in [0.1, 0.15) is 11.3 Å². The standard InChI is InChI=1S/C18H19ClN4O3S/c1-4-23-17(25)16-13(7-10(2)20-16)22-18(23)27-9-15(24)21-11-5-6-14(26-3)12(19)8-11/h5-8,20H,4,9H2,1-3H3,(H,21,24). The molecule has 7 nitrogen and oxygen atoms in total. The summed E-state index contributed by atoms with van der Waals surface area (Å²) in [5.74, 6) is 0.434. The van der Waals surface area contributed by atoms with Gasteiger partial charge in [-0.3, -0.25) is 14.2 Å². The summed E-state index contributed by atoms with van der Waals surface area (Å²) < 4.78 is 6.65. The molecule has 2 aromatic heterocycles. The van der Waals surface area contributed by atoms with Crippen molar-refractivity contribution < 1.29 is 9.53 Å². The number of carbonyl (C=O) groups is 1. The van der Waals surface area contributed by atoms with E-state index < -0.39 is 0 Å². The van der Waals surface area contributed by atoms with Crippen molar-refractivity contribution >= 4 is 46.0 Å². The maximum Gasteiger partial charge on any atom is 0.278 e. The lowest BCUT2D eigenvalue weighted by atomic mass is 10.3. The SMILES string of the molecule is CCn1c(SCC(=O)Nc2ccc(OC)c(Cl)c2)nc2cc(C)[nH]c2c1=O. The number of methoxy groups -OCH3 is 1. The third-order valence-electron chi connectivity index (χ3n) is 3.92. The number of aryl methyl sites for hydroxylation is 1. The molecule has 3 rings (SSSR count). The van der Waals surface area contributed by atoms with E-state index in [1.165, 1.54) is 18.9 Å². The normalized spacial score (nSPS) is 11.0. The van der Waals surface area contributed by atoms with E-state index in [0.717, 1.165) is 5.69 Å². The minimum absolute atomic E-state index is 0.116. The highest BCUT2D eigenvalue weighted by molar-refractivity contribution is 7.99. The van der Waals surface area contributed by atoms with Gasteiger partial charge in [-0.2, -0.15) is 0 Å². The average Bonchev–Trinajstić information content (AvgIpc) is 3.01. The number of aromatic amines is 1. The van der Waals surface area contributed by atoms with E-state index in [1.54, 1.807) is 22.8 Å². The van der Waals surface area contributed by atoms with Crippen LogP contribution >= 0.6 is 23.4 Å². The van der Waals surface area contributed by atoms with Crippen molar-refractivity contribution in [1.29, 1.82) is 0 Å². The molecule has 0 atom stereocenters. The Bertz CT molecular complexity index is 1060. The second-order valence-electron chi connectivity index (χ2n) is 5.84. The maximum absolute atomic E-state index is 12.6. The zero-order valence-electron chi connectivity index (χ0n) is 15.1. The monoisotopic (exact) mass is 406 g/mol. The van der Waals surface area contributed by atoms with Gasteiger partial charge in [-0.1, -0.05) is 23.4 Å². The van der Waals surface area contributed by atoms with Crippen LogP contribution in [0.1, 0.15) is 12.6 Å². The number of hydrogen-bond donors (Lipinski definition) is 2. The fourth-order valence-electron chi connectivity index (χ4n) is 2.67. The number of ether oxygens (including phenoxy) is 1. The van der Waals surface area contributed by atoms with Gasteiger partial charge in [-0.05, 0) is 38.1 Å². The molecular weight excluding hydrogens is 388 g/mol. The van der Waals surface area contributed by atoms with Crippen molar-refractivity contribution in [3.8, 4) is 5.75 Å². The lowest BCUT2D eigenvalue weighted by Crippen LogP contribution is -2.23. The smallest absolute Gasteiger partial charge is 0.278 e. The fourth-order valence-corrected chi connectivity index (χ4v) is 3.79. The molecule has 142 valence electrons. The summed E-state index contributed by atoms with van der Waals surface area (Å²) in [5, 5.41) is 3.70. The van der Waals surface area contributed by atoms with Gasteiger partial charge in [-0.15, -0.1) is 0 Å². The summed E-state index contributed by atoms with van der Waals surface area (Å²) in [6.45, 7) is 4.21. The average molecular weight is 407 g/mol. The Balaban J connectivity index is 1.75. The van der Waals surface area contributed by atoms with Crippen LogP contribution in [-0.2, 0) is 11.3 Å². The highest BCUT2D eigenvalue weighted by Crippen LogP contribution is 2.27. The van der Waals surface area contributed by atoms with Gasteiger partial charge < -0.3 is 15.0 Å². The zero-order chi connectivity index (χ0) is 19.6. The number of nitrogens with one attached hydrogen (secondary N) is 2. The van der Waals surface area contributed by atoms with Crippen molar-refractivity contribution in [2.75, 3.05) is 18.2 Å². The lowest BCUT2D eigenvalue weighted by molar-refractivity contribution is -0.113. The molecule has 0 saturated carbocycles. The first-order chi connectivity index (χ1) is 12.9. The van der Waals surface area contributed by atoms with E-state index in [0.29, 0.717) is 39.2 Å². The summed E-state index contributed by atoms with van der Waals surface area (Å²) in [4.78, 5) is 32.4. The highest BCUT2D eigenvalue weighted by atomic mass is 35.5. The summed E-state index contributed by atoms with van der Waals surface area (Å²) in [5.41, 5.74) is 2.39. The number of anilines is 1. The number of amides is 1. The van der Waals surface area contributed by atoms with Crippen LogP contribution in [0.3, 0.4) is 0 Å². The van der Waals surface area contributed by atoms with Crippen molar-refractivity contribution in [2.24, 2.45) is 0 Å². The molecule has 1 amide bonds. The minimum Gasteiger partial charge on any atom is -0.495 e. The van der Waals surface area contributed by atoms with Crippen LogP contribution in [0.4, 0.5) is 5.69 Å². The molecule has 0 fully saturated rings. The molecule has 0 unspecified atom stereocenters. The number of thioether (sulfide) groups is 1. The topological polar surface area (TPSA) is 89.0 Å². The van der Waals surface area contributed by atoms with E-state index >= 15 is 0 Å². The molecule has 1 aromatic carbocycles. The molecule has 9 heteroatoms. The highest BCUT2D eigenvalue weighted by Gasteiger charge is 2.14. The predicted octanol–water partition coefficient (Wildman–Crippen LogP) is 3.45. The molecule has 0 aliphatic carbocycles. The molecule has 2 N–H and O–H groups in total. The van der Waals surface area contributed by atoms with E-state index in [4.69, 9.17) is 16.3 Å². The number of nitrogens with zero attached hydrogens (tertiary/aromatic N) is 2. The van der Waals surface area contributed by atoms with Crippen molar-refractivity contribution in [3.63, 3.8) is 0 Å². The first-order valence-electron chi connectivity index (χ1n) is 8.29. The van der Waals surface area contributed by atoms with Crippen LogP contribution in [-0.4, -0.2) is 33.3 Å². The zero-order valence-corrected chi connectivity index (χ0v) is 16.7. The lowest BCUT2D eigenvalue weighted by Gasteiger charge is -2.10. The first kappa shape index (κ1) is 19.3. The van der Waals surface area contributed by atoms with Crippen LogP contribution in [0, 0.1) is 6.92 Å². The van der Waals surface area contributed by atoms with Gasteiger partial charge in [0.2, 0.25) is 5.91 Å². The Kier molecular flexibility index (Phi) is 5.76. The Hall–Kier alpha value is -2.45. The number of halogens is 1. The van der Waals surface area contributed by atoms with Gasteiger partial charge in [0.15, 0.2) is 5.16 Å². The van der Waals surface area contributed by atoms with Gasteiger partial charge >= 0.3 is 0 Å². The third kappa shape index (κ3) is 4.12. The van der Waals surface area contributed by atoms with E-state index in [2.05, 4.69) is 15.3 Å². The van der Waals surface area contributed by atoms with Gasteiger partial charge in [0, 0.05) is 17.9 Å². The van der Waals surface area contributed by atoms with Crippen LogP contribution < -0.4 is 15.6 Å². The molecule has 0 spiro atoms. The number of hydrogen-bond acceptors (Lipinski definition) is 5. The predicted molar refractivity (Wildman–Crippen MR) is 108 cm³/mol. The molecule has 2 heterocycles. The first-order valence-corrected chi connectivity index (χ1v) is 9.65. The van der Waals surface area contributed by atoms with Crippen LogP contribution in [0.2, 0.25) is 5.02 Å². The Morgan fingerprint density at radius 3 is 2.85 bits per heavy atom. The number of rotatable bonds is 6. The van der Waals surface area contributed by atoms with Crippen molar-refractivity contribution in [2.45, 2.75) is 25.5 Å². The second kappa shape index (κ2) is 8.06. The van der Waals surface area contributed by atoms with E-state index in [1.807, 2.05) is 19.9 Å². The summed E-state index contributed by atoms with van der Waals surface area (Å²) in [6, 6.07) is 6.84. The van der Waals surface area contributed by atoms with E-state index in [-0.39, 0.29) is 17.2 Å². The van der Waals surface area contributed by atoms with Crippen molar-refractivity contribution in [1.82, 2.24) is 14.5 Å². The number of aromatic nitrogens is 3. The summed E-state index contributed by atoms with van der Waals surface area (Å²) >= 11 is 7.29. The second-order valence-corrected chi connectivity index (χ2v) is 7.19. The number of H-pyrrole nitrogens is 1. The van der Waals surface area contributed by atoms with Crippen LogP contribution in [0.25, 0.3) is 11.0 Å². The fraction of sp³-hybridized carbons (Fsp3) is 0.278.